The highest BCUT2D eigenvalue weighted by atomic mass is 16.5. The van der Waals surface area contributed by atoms with Crippen molar-refractivity contribution in [3.63, 3.8) is 0 Å². The van der Waals surface area contributed by atoms with Crippen LogP contribution in [-0.2, 0) is 0 Å². The molecule has 4 aromatic rings. The summed E-state index contributed by atoms with van der Waals surface area (Å²) >= 11 is 0. The minimum atomic E-state index is 0.391. The van der Waals surface area contributed by atoms with Gasteiger partial charge in [0.15, 0.2) is 5.69 Å². The maximum absolute atomic E-state index is 5.40. The number of aromatic nitrogens is 7. The van der Waals surface area contributed by atoms with Crippen LogP contribution in [0.5, 0.6) is 0 Å². The fraction of sp³-hybridized carbons (Fsp3) is 0.353. The van der Waals surface area contributed by atoms with E-state index in [1.807, 2.05) is 29.1 Å². The first kappa shape index (κ1) is 14.3. The summed E-state index contributed by atoms with van der Waals surface area (Å²) in [4.78, 5) is 11.8. The van der Waals surface area contributed by atoms with Crippen LogP contribution in [0.25, 0.3) is 34.0 Å². The van der Waals surface area contributed by atoms with Gasteiger partial charge in [-0.2, -0.15) is 4.98 Å². The van der Waals surface area contributed by atoms with Gasteiger partial charge >= 0.3 is 0 Å². The molecule has 0 aliphatic heterocycles. The lowest BCUT2D eigenvalue weighted by Gasteiger charge is -2.20. The van der Waals surface area contributed by atoms with Crippen LogP contribution in [0, 0.1) is 0 Å². The molecule has 0 atom stereocenters. The van der Waals surface area contributed by atoms with Crippen molar-refractivity contribution in [2.24, 2.45) is 0 Å². The number of imidazole rings is 1. The van der Waals surface area contributed by atoms with E-state index in [2.05, 4.69) is 30.4 Å². The standard InChI is InChI=1S/C17H17N7O/c1-2-4-12(5-3-1)24-9-15(21-23-24)17-20-16(22-25-17)11-6-7-13-14(8-11)19-10-18-13/h6-10,12H,1-5H2,(H,18,19). The zero-order valence-electron chi connectivity index (χ0n) is 13.6. The van der Waals surface area contributed by atoms with E-state index in [4.69, 9.17) is 4.52 Å². The number of H-pyrrole nitrogens is 1. The molecule has 8 heteroatoms. The number of nitrogens with zero attached hydrogens (tertiary/aromatic N) is 6. The SMILES string of the molecule is c1nc2ccc(-c3noc(-c4cn(C5CCCCC5)nn4)n3)cc2[nH]1. The van der Waals surface area contributed by atoms with Crippen LogP contribution < -0.4 is 0 Å². The van der Waals surface area contributed by atoms with Gasteiger partial charge in [0.05, 0.1) is 29.6 Å². The van der Waals surface area contributed by atoms with Crippen molar-refractivity contribution < 1.29 is 4.52 Å². The average molecular weight is 335 g/mol. The number of nitrogens with one attached hydrogen (secondary N) is 1. The van der Waals surface area contributed by atoms with E-state index in [1.54, 1.807) is 6.33 Å². The van der Waals surface area contributed by atoms with Crippen LogP contribution in [0.1, 0.15) is 38.1 Å². The predicted octanol–water partition coefficient (Wildman–Crippen LogP) is 3.38. The lowest BCUT2D eigenvalue weighted by Crippen LogP contribution is -2.13. The minimum absolute atomic E-state index is 0.391. The highest BCUT2D eigenvalue weighted by molar-refractivity contribution is 5.80. The minimum Gasteiger partial charge on any atom is -0.345 e. The third kappa shape index (κ3) is 2.59. The molecule has 25 heavy (non-hydrogen) atoms. The Labute approximate surface area is 143 Å². The van der Waals surface area contributed by atoms with Gasteiger partial charge in [-0.05, 0) is 31.0 Å². The summed E-state index contributed by atoms with van der Waals surface area (Å²) in [7, 11) is 0. The lowest BCUT2D eigenvalue weighted by molar-refractivity contribution is 0.324. The summed E-state index contributed by atoms with van der Waals surface area (Å²) in [5, 5.41) is 12.5. The average Bonchev–Trinajstić information content (AvgIpc) is 3.40. The number of fused-ring (bicyclic) bond motifs is 1. The van der Waals surface area contributed by atoms with Gasteiger partial charge in [0.25, 0.3) is 5.89 Å². The summed E-state index contributed by atoms with van der Waals surface area (Å²) in [6, 6.07) is 6.24. The van der Waals surface area contributed by atoms with E-state index in [-0.39, 0.29) is 0 Å². The summed E-state index contributed by atoms with van der Waals surface area (Å²) in [6.45, 7) is 0. The molecule has 0 unspecified atom stereocenters. The normalized spacial score (nSPS) is 15.8. The number of hydrogen-bond donors (Lipinski definition) is 1. The van der Waals surface area contributed by atoms with Gasteiger partial charge in [-0.15, -0.1) is 5.10 Å². The number of rotatable bonds is 3. The fourth-order valence-corrected chi connectivity index (χ4v) is 3.42. The maximum Gasteiger partial charge on any atom is 0.280 e. The first-order chi connectivity index (χ1) is 12.4. The Morgan fingerprint density at radius 3 is 3.00 bits per heavy atom. The smallest absolute Gasteiger partial charge is 0.280 e. The molecule has 0 bridgehead atoms. The Morgan fingerprint density at radius 1 is 1.16 bits per heavy atom. The van der Waals surface area contributed by atoms with Crippen molar-refractivity contribution >= 4 is 11.0 Å². The first-order valence-corrected chi connectivity index (χ1v) is 8.56. The zero-order valence-corrected chi connectivity index (χ0v) is 13.6. The number of aromatic amines is 1. The molecule has 8 nitrogen and oxygen atoms in total. The van der Waals surface area contributed by atoms with Crippen LogP contribution in [0.15, 0.2) is 35.2 Å². The van der Waals surface area contributed by atoms with Gasteiger partial charge in [-0.1, -0.05) is 29.6 Å². The van der Waals surface area contributed by atoms with E-state index in [0.29, 0.717) is 23.5 Å². The Hall–Kier alpha value is -3.03. The van der Waals surface area contributed by atoms with Gasteiger partial charge < -0.3 is 9.51 Å². The molecule has 0 spiro atoms. The van der Waals surface area contributed by atoms with E-state index in [9.17, 15) is 0 Å². The first-order valence-electron chi connectivity index (χ1n) is 8.56. The van der Waals surface area contributed by atoms with Crippen LogP contribution in [-0.4, -0.2) is 35.1 Å². The van der Waals surface area contributed by atoms with Crippen LogP contribution in [0.4, 0.5) is 0 Å². The Bertz CT molecular complexity index is 1010. The number of benzene rings is 1. The number of hydrogen-bond acceptors (Lipinski definition) is 6. The molecular formula is C17H17N7O. The van der Waals surface area contributed by atoms with Crippen molar-refractivity contribution in [1.82, 2.24) is 35.1 Å². The lowest BCUT2D eigenvalue weighted by atomic mass is 9.96. The zero-order chi connectivity index (χ0) is 16.6. The van der Waals surface area contributed by atoms with Gasteiger partial charge in [0.2, 0.25) is 5.82 Å². The Kier molecular flexibility index (Phi) is 3.32. The second kappa shape index (κ2) is 5.80. The molecular weight excluding hydrogens is 318 g/mol. The Balaban J connectivity index is 1.43. The molecule has 0 saturated heterocycles. The molecule has 0 amide bonds. The van der Waals surface area contributed by atoms with Gasteiger partial charge in [-0.3, -0.25) is 0 Å². The highest BCUT2D eigenvalue weighted by Gasteiger charge is 2.19. The molecule has 1 fully saturated rings. The molecule has 5 rings (SSSR count). The maximum atomic E-state index is 5.40. The second-order valence-corrected chi connectivity index (χ2v) is 6.43. The topological polar surface area (TPSA) is 98.3 Å². The molecule has 3 aromatic heterocycles. The van der Waals surface area contributed by atoms with Gasteiger partial charge in [-0.25, -0.2) is 9.67 Å². The molecule has 1 saturated carbocycles. The molecule has 1 aliphatic carbocycles. The quantitative estimate of drug-likeness (QED) is 0.616. The van der Waals surface area contributed by atoms with Gasteiger partial charge in [0, 0.05) is 5.56 Å². The summed E-state index contributed by atoms with van der Waals surface area (Å²) in [5.41, 5.74) is 3.33. The van der Waals surface area contributed by atoms with Crippen molar-refractivity contribution in [3.05, 3.63) is 30.7 Å². The second-order valence-electron chi connectivity index (χ2n) is 6.43. The monoisotopic (exact) mass is 335 g/mol. The van der Waals surface area contributed by atoms with Crippen LogP contribution >= 0.6 is 0 Å². The van der Waals surface area contributed by atoms with Crippen LogP contribution in [0.2, 0.25) is 0 Å². The van der Waals surface area contributed by atoms with Crippen molar-refractivity contribution in [3.8, 4) is 23.0 Å². The van der Waals surface area contributed by atoms with E-state index in [0.717, 1.165) is 29.4 Å². The summed E-state index contributed by atoms with van der Waals surface area (Å²) < 4.78 is 7.34. The van der Waals surface area contributed by atoms with E-state index < -0.39 is 0 Å². The van der Waals surface area contributed by atoms with Crippen molar-refractivity contribution in [2.75, 3.05) is 0 Å². The van der Waals surface area contributed by atoms with E-state index >= 15 is 0 Å². The van der Waals surface area contributed by atoms with E-state index in [1.165, 1.54) is 19.3 Å². The largest absolute Gasteiger partial charge is 0.345 e. The molecule has 1 aliphatic rings. The van der Waals surface area contributed by atoms with Crippen LogP contribution in [0.3, 0.4) is 0 Å². The highest BCUT2D eigenvalue weighted by Crippen LogP contribution is 2.29. The molecule has 3 heterocycles. The third-order valence-electron chi connectivity index (χ3n) is 4.78. The molecule has 1 aromatic carbocycles. The summed E-state index contributed by atoms with van der Waals surface area (Å²) in [5.74, 6) is 0.917. The van der Waals surface area contributed by atoms with Crippen molar-refractivity contribution in [1.29, 1.82) is 0 Å². The molecule has 126 valence electrons. The van der Waals surface area contributed by atoms with Crippen molar-refractivity contribution in [2.45, 2.75) is 38.1 Å². The van der Waals surface area contributed by atoms with Gasteiger partial charge in [0.1, 0.15) is 0 Å². The fourth-order valence-electron chi connectivity index (χ4n) is 3.42. The predicted molar refractivity (Wildman–Crippen MR) is 90.5 cm³/mol. The summed E-state index contributed by atoms with van der Waals surface area (Å²) in [6.07, 6.45) is 9.70. The third-order valence-corrected chi connectivity index (χ3v) is 4.78. The molecule has 1 N–H and O–H groups in total. The Morgan fingerprint density at radius 2 is 2.08 bits per heavy atom. The molecule has 0 radical (unpaired) electrons.